The molecule has 1 N–H and O–H groups in total. The van der Waals surface area contributed by atoms with Gasteiger partial charge in [0.1, 0.15) is 17.4 Å². The number of β-amino-alcohol motifs (C(OH)–C–C–N with tert-alkyl or cyclic N) is 1. The second kappa shape index (κ2) is 12.9. The molecule has 218 valence electrons. The highest BCUT2D eigenvalue weighted by Gasteiger charge is 2.76. The van der Waals surface area contributed by atoms with E-state index in [0.717, 1.165) is 12.8 Å². The molecule has 6 atom stereocenters. The molecule has 1 aromatic carbocycles. The van der Waals surface area contributed by atoms with Crippen LogP contribution in [0.3, 0.4) is 0 Å². The van der Waals surface area contributed by atoms with Crippen molar-refractivity contribution in [2.45, 2.75) is 55.7 Å². The van der Waals surface area contributed by atoms with Crippen LogP contribution in [-0.2, 0) is 19.1 Å². The summed E-state index contributed by atoms with van der Waals surface area (Å²) < 4.78 is 12.2. The molecule has 0 aromatic heterocycles. The summed E-state index contributed by atoms with van der Waals surface area (Å²) in [5, 5.41) is 9.87. The zero-order valence-electron chi connectivity index (χ0n) is 23.3. The largest absolute Gasteiger partial charge is 0.494 e. The maximum absolute atomic E-state index is 14.3. The number of benzene rings is 1. The minimum absolute atomic E-state index is 0.0135. The molecular weight excluding hydrogens is 578 g/mol. The number of alkyl halides is 1. The van der Waals surface area contributed by atoms with E-state index >= 15 is 0 Å². The molecule has 0 aliphatic carbocycles. The molecule has 3 saturated heterocycles. The number of rotatable bonds is 14. The number of halogens is 1. The minimum Gasteiger partial charge on any atom is -0.494 e. The average Bonchev–Trinajstić information content (AvgIpc) is 3.53. The zero-order chi connectivity index (χ0) is 29.0. The van der Waals surface area contributed by atoms with E-state index in [9.17, 15) is 19.5 Å². The van der Waals surface area contributed by atoms with Gasteiger partial charge in [-0.3, -0.25) is 14.4 Å². The number of hydrogen-bond acceptors (Lipinski definition) is 6. The molecule has 3 amide bonds. The second-order valence-electron chi connectivity index (χ2n) is 10.5. The number of likely N-dealkylation sites (tertiary alicyclic amines) is 1. The van der Waals surface area contributed by atoms with E-state index in [1.165, 1.54) is 4.90 Å². The molecule has 1 aromatic rings. The van der Waals surface area contributed by atoms with Gasteiger partial charge in [0.2, 0.25) is 17.7 Å². The topological polar surface area (TPSA) is 99.6 Å². The van der Waals surface area contributed by atoms with Crippen molar-refractivity contribution < 1.29 is 29.0 Å². The molecule has 40 heavy (non-hydrogen) atoms. The molecule has 10 heteroatoms. The molecule has 2 bridgehead atoms. The summed E-state index contributed by atoms with van der Waals surface area (Å²) in [6.45, 7) is 12.9. The van der Waals surface area contributed by atoms with Crippen molar-refractivity contribution in [1.82, 2.24) is 9.80 Å². The Morgan fingerprint density at radius 2 is 1.90 bits per heavy atom. The molecule has 4 rings (SSSR count). The number of amides is 3. The Kier molecular flexibility index (Phi) is 9.74. The maximum Gasteiger partial charge on any atom is 0.248 e. The summed E-state index contributed by atoms with van der Waals surface area (Å²) in [7, 11) is 0. The van der Waals surface area contributed by atoms with Gasteiger partial charge >= 0.3 is 0 Å². The van der Waals surface area contributed by atoms with E-state index in [1.54, 1.807) is 34.1 Å². The predicted octanol–water partition coefficient (Wildman–Crippen LogP) is 3.16. The van der Waals surface area contributed by atoms with Crippen LogP contribution in [0.2, 0.25) is 0 Å². The lowest BCUT2D eigenvalue weighted by molar-refractivity contribution is -0.148. The molecule has 1 spiro atoms. The number of carbonyl (C=O) groups is 3. The summed E-state index contributed by atoms with van der Waals surface area (Å²) in [6.07, 6.45) is 4.86. The Balaban J connectivity index is 1.72. The van der Waals surface area contributed by atoms with Gasteiger partial charge in [-0.25, -0.2) is 0 Å². The lowest BCUT2D eigenvalue weighted by atomic mass is 9.70. The standard InChI is InChI=1S/C30H40BrN3O6/c1-5-9-16-32(14-6-2)29(38)26-30-19-22(31)25(40-30)23(24(30)28(37)34(26)17-18-35)27(36)33(15-7-3)20-10-12-21(13-11-20)39-8-4/h6-7,10-13,22-26,35H,2-3,5,8-9,14-19H2,1,4H3/t22?,23-,24-,25-,26?,30?/m0/s1. The number of carbonyl (C=O) groups excluding carboxylic acids is 3. The van der Waals surface area contributed by atoms with Crippen LogP contribution >= 0.6 is 15.9 Å². The number of hydrogen-bond donors (Lipinski definition) is 1. The lowest BCUT2D eigenvalue weighted by Gasteiger charge is -2.37. The SMILES string of the molecule is C=CCN(CCCC)C(=O)C1N(CCO)C(=O)[C@@H]2[C@H](C(=O)N(CC=C)c3ccc(OCC)cc3)[C@H]3OC12CC3Br. The van der Waals surface area contributed by atoms with Crippen molar-refractivity contribution >= 4 is 39.3 Å². The third-order valence-corrected chi connectivity index (χ3v) is 8.97. The highest BCUT2D eigenvalue weighted by Crippen LogP contribution is 2.60. The average molecular weight is 619 g/mol. The van der Waals surface area contributed by atoms with E-state index in [2.05, 4.69) is 36.0 Å². The lowest BCUT2D eigenvalue weighted by Crippen LogP contribution is -2.57. The monoisotopic (exact) mass is 617 g/mol. The normalized spacial score (nSPS) is 28.4. The van der Waals surface area contributed by atoms with Crippen LogP contribution in [0.25, 0.3) is 0 Å². The smallest absolute Gasteiger partial charge is 0.248 e. The first kappa shape index (κ1) is 30.3. The molecule has 0 saturated carbocycles. The third kappa shape index (κ3) is 5.21. The summed E-state index contributed by atoms with van der Waals surface area (Å²) >= 11 is 3.72. The van der Waals surface area contributed by atoms with Crippen LogP contribution in [0, 0.1) is 11.8 Å². The first-order valence-corrected chi connectivity index (χ1v) is 15.0. The van der Waals surface area contributed by atoms with Gasteiger partial charge in [-0.2, -0.15) is 0 Å². The van der Waals surface area contributed by atoms with Crippen LogP contribution in [0.4, 0.5) is 5.69 Å². The quantitative estimate of drug-likeness (QED) is 0.254. The van der Waals surface area contributed by atoms with Crippen molar-refractivity contribution in [3.63, 3.8) is 0 Å². The van der Waals surface area contributed by atoms with Gasteiger partial charge in [-0.1, -0.05) is 41.4 Å². The first-order valence-electron chi connectivity index (χ1n) is 14.1. The Morgan fingerprint density at radius 1 is 1.20 bits per heavy atom. The maximum atomic E-state index is 14.3. The molecule has 9 nitrogen and oxygen atoms in total. The predicted molar refractivity (Wildman–Crippen MR) is 156 cm³/mol. The fourth-order valence-corrected chi connectivity index (χ4v) is 7.47. The first-order chi connectivity index (χ1) is 19.3. The molecule has 3 aliphatic rings. The molecule has 3 heterocycles. The van der Waals surface area contributed by atoms with Crippen molar-refractivity contribution in [1.29, 1.82) is 0 Å². The van der Waals surface area contributed by atoms with Gasteiger partial charge in [-0.15, -0.1) is 13.2 Å². The van der Waals surface area contributed by atoms with Gasteiger partial charge < -0.3 is 29.3 Å². The zero-order valence-corrected chi connectivity index (χ0v) is 24.9. The fraction of sp³-hybridized carbons (Fsp3) is 0.567. The molecule has 3 fully saturated rings. The van der Waals surface area contributed by atoms with Gasteiger partial charge in [0.05, 0.1) is 31.2 Å². The minimum atomic E-state index is -1.17. The number of aliphatic hydroxyl groups is 1. The number of ether oxygens (including phenoxy) is 2. The Labute approximate surface area is 244 Å². The van der Waals surface area contributed by atoms with Crippen LogP contribution < -0.4 is 9.64 Å². The second-order valence-corrected chi connectivity index (χ2v) is 11.7. The molecule has 0 radical (unpaired) electrons. The third-order valence-electron chi connectivity index (χ3n) is 8.13. The van der Waals surface area contributed by atoms with E-state index in [-0.39, 0.29) is 42.2 Å². The Morgan fingerprint density at radius 3 is 2.50 bits per heavy atom. The van der Waals surface area contributed by atoms with Crippen LogP contribution in [0.5, 0.6) is 5.75 Å². The van der Waals surface area contributed by atoms with Gasteiger partial charge in [-0.05, 0) is 44.0 Å². The van der Waals surface area contributed by atoms with E-state index in [4.69, 9.17) is 9.47 Å². The van der Waals surface area contributed by atoms with Gasteiger partial charge in [0, 0.05) is 36.7 Å². The number of aliphatic hydroxyl groups excluding tert-OH is 1. The molecule has 3 aliphatic heterocycles. The van der Waals surface area contributed by atoms with Crippen molar-refractivity contribution in [2.24, 2.45) is 11.8 Å². The summed E-state index contributed by atoms with van der Waals surface area (Å²) in [5.74, 6) is -1.78. The highest BCUT2D eigenvalue weighted by molar-refractivity contribution is 9.09. The van der Waals surface area contributed by atoms with Gasteiger partial charge in [0.25, 0.3) is 0 Å². The van der Waals surface area contributed by atoms with Crippen molar-refractivity contribution in [2.75, 3.05) is 44.3 Å². The fourth-order valence-electron chi connectivity index (χ4n) is 6.53. The highest BCUT2D eigenvalue weighted by atomic mass is 79.9. The summed E-state index contributed by atoms with van der Waals surface area (Å²) in [6, 6.07) is 6.29. The Bertz CT molecular complexity index is 1110. The molecular formula is C30H40BrN3O6. The van der Waals surface area contributed by atoms with E-state index < -0.39 is 29.6 Å². The van der Waals surface area contributed by atoms with E-state index in [1.807, 2.05) is 19.1 Å². The Hall–Kier alpha value is -2.69. The van der Waals surface area contributed by atoms with Crippen LogP contribution in [-0.4, -0.2) is 94.6 Å². The summed E-state index contributed by atoms with van der Waals surface area (Å²) in [4.78, 5) is 47.0. The number of anilines is 1. The van der Waals surface area contributed by atoms with Gasteiger partial charge in [0.15, 0.2) is 0 Å². The van der Waals surface area contributed by atoms with Crippen molar-refractivity contribution in [3.8, 4) is 5.75 Å². The van der Waals surface area contributed by atoms with Crippen LogP contribution in [0.1, 0.15) is 33.1 Å². The summed E-state index contributed by atoms with van der Waals surface area (Å²) in [5.41, 5.74) is -0.523. The molecule has 3 unspecified atom stereocenters. The van der Waals surface area contributed by atoms with Crippen LogP contribution in [0.15, 0.2) is 49.6 Å². The number of unbranched alkanes of at least 4 members (excludes halogenated alkanes) is 1. The van der Waals surface area contributed by atoms with E-state index in [0.29, 0.717) is 37.6 Å². The number of fused-ring (bicyclic) bond motifs is 1. The van der Waals surface area contributed by atoms with Crippen molar-refractivity contribution in [3.05, 3.63) is 49.6 Å². The number of nitrogens with zero attached hydrogens (tertiary/aromatic N) is 3.